The quantitative estimate of drug-likeness (QED) is 0.503. The summed E-state index contributed by atoms with van der Waals surface area (Å²) >= 11 is 2.22. The molecule has 3 N–H and O–H groups in total. The highest BCUT2D eigenvalue weighted by Crippen LogP contribution is 2.29. The summed E-state index contributed by atoms with van der Waals surface area (Å²) in [5, 5.41) is 0. The van der Waals surface area contributed by atoms with Gasteiger partial charge in [0, 0.05) is 0 Å². The number of benzene rings is 1. The lowest BCUT2D eigenvalue weighted by Crippen LogP contribution is -2.12. The van der Waals surface area contributed by atoms with Crippen molar-refractivity contribution in [3.05, 3.63) is 39.2 Å². The Morgan fingerprint density at radius 2 is 1.94 bits per heavy atom. The van der Waals surface area contributed by atoms with Crippen LogP contribution in [0.1, 0.15) is 11.4 Å². The number of hydrogen-bond donors (Lipinski definition) is 2. The SMILES string of the molecule is Cc1nc(NN)c(C)c(Oc2ccccc2I)n1. The van der Waals surface area contributed by atoms with Gasteiger partial charge in [-0.05, 0) is 48.6 Å². The van der Waals surface area contributed by atoms with Gasteiger partial charge >= 0.3 is 0 Å². The molecule has 1 heterocycles. The fraction of sp³-hybridized carbons (Fsp3) is 0.167. The molecule has 0 aliphatic carbocycles. The first-order valence-electron chi connectivity index (χ1n) is 5.36. The monoisotopic (exact) mass is 356 g/mol. The normalized spacial score (nSPS) is 10.2. The summed E-state index contributed by atoms with van der Waals surface area (Å²) in [6, 6.07) is 7.75. The Labute approximate surface area is 119 Å². The lowest BCUT2D eigenvalue weighted by atomic mass is 10.3. The number of para-hydroxylation sites is 1. The third kappa shape index (κ3) is 2.70. The number of ether oxygens (including phenoxy) is 1. The summed E-state index contributed by atoms with van der Waals surface area (Å²) in [6.07, 6.45) is 0. The molecule has 0 atom stereocenters. The van der Waals surface area contributed by atoms with Gasteiger partial charge in [-0.3, -0.25) is 0 Å². The van der Waals surface area contributed by atoms with E-state index in [1.807, 2.05) is 31.2 Å². The van der Waals surface area contributed by atoms with Crippen LogP contribution in [0.15, 0.2) is 24.3 Å². The van der Waals surface area contributed by atoms with Crippen molar-refractivity contribution in [3.8, 4) is 11.6 Å². The first kappa shape index (κ1) is 13.0. The number of aromatic nitrogens is 2. The molecule has 0 saturated heterocycles. The van der Waals surface area contributed by atoms with Gasteiger partial charge in [0.15, 0.2) is 0 Å². The maximum absolute atomic E-state index is 5.81. The fourth-order valence-corrected chi connectivity index (χ4v) is 1.97. The maximum Gasteiger partial charge on any atom is 0.227 e. The molecule has 0 aliphatic heterocycles. The average Bonchev–Trinajstić information content (AvgIpc) is 2.36. The molecule has 1 aromatic carbocycles. The zero-order valence-corrected chi connectivity index (χ0v) is 12.2. The summed E-state index contributed by atoms with van der Waals surface area (Å²) in [5.41, 5.74) is 3.32. The molecular formula is C12H13IN4O. The van der Waals surface area contributed by atoms with E-state index in [0.717, 1.165) is 14.9 Å². The molecule has 0 aliphatic rings. The second-order valence-corrected chi connectivity index (χ2v) is 4.89. The third-order valence-electron chi connectivity index (χ3n) is 2.39. The Morgan fingerprint density at radius 1 is 1.22 bits per heavy atom. The Kier molecular flexibility index (Phi) is 3.97. The van der Waals surface area contributed by atoms with Gasteiger partial charge in [0.25, 0.3) is 0 Å². The van der Waals surface area contributed by atoms with Crippen molar-refractivity contribution >= 4 is 28.4 Å². The lowest BCUT2D eigenvalue weighted by molar-refractivity contribution is 0.453. The highest BCUT2D eigenvalue weighted by Gasteiger charge is 2.11. The molecule has 0 saturated carbocycles. The van der Waals surface area contributed by atoms with Gasteiger partial charge in [-0.15, -0.1) is 0 Å². The van der Waals surface area contributed by atoms with Crippen LogP contribution in [0.3, 0.4) is 0 Å². The van der Waals surface area contributed by atoms with Crippen LogP contribution in [0.4, 0.5) is 5.82 Å². The molecule has 2 rings (SSSR count). The first-order valence-corrected chi connectivity index (χ1v) is 6.44. The van der Waals surface area contributed by atoms with Crippen LogP contribution >= 0.6 is 22.6 Å². The average molecular weight is 356 g/mol. The molecule has 0 spiro atoms. The fourth-order valence-electron chi connectivity index (χ4n) is 1.47. The molecule has 0 bridgehead atoms. The number of rotatable bonds is 3. The van der Waals surface area contributed by atoms with E-state index in [9.17, 15) is 0 Å². The van der Waals surface area contributed by atoms with E-state index in [2.05, 4.69) is 38.0 Å². The zero-order chi connectivity index (χ0) is 13.1. The Hall–Kier alpha value is -1.41. The van der Waals surface area contributed by atoms with E-state index in [-0.39, 0.29) is 0 Å². The van der Waals surface area contributed by atoms with Gasteiger partial charge in [-0.25, -0.2) is 10.8 Å². The van der Waals surface area contributed by atoms with Crippen LogP contribution < -0.4 is 16.0 Å². The molecular weight excluding hydrogens is 343 g/mol. The van der Waals surface area contributed by atoms with E-state index in [0.29, 0.717) is 17.5 Å². The standard InChI is InChI=1S/C12H13IN4O/c1-7-11(17-14)15-8(2)16-12(7)18-10-6-4-3-5-9(10)13/h3-6H,14H2,1-2H3,(H,15,16,17). The Morgan fingerprint density at radius 3 is 2.61 bits per heavy atom. The van der Waals surface area contributed by atoms with E-state index in [1.54, 1.807) is 6.92 Å². The predicted octanol–water partition coefficient (Wildman–Crippen LogP) is 2.78. The molecule has 1 aromatic heterocycles. The number of nitrogens with one attached hydrogen (secondary N) is 1. The van der Waals surface area contributed by atoms with E-state index in [4.69, 9.17) is 10.6 Å². The molecule has 94 valence electrons. The van der Waals surface area contributed by atoms with Crippen molar-refractivity contribution in [2.45, 2.75) is 13.8 Å². The van der Waals surface area contributed by atoms with Crippen molar-refractivity contribution in [3.63, 3.8) is 0 Å². The highest BCUT2D eigenvalue weighted by atomic mass is 127. The molecule has 0 amide bonds. The van der Waals surface area contributed by atoms with Crippen molar-refractivity contribution in [1.82, 2.24) is 9.97 Å². The van der Waals surface area contributed by atoms with E-state index >= 15 is 0 Å². The topological polar surface area (TPSA) is 73.1 Å². The van der Waals surface area contributed by atoms with Crippen LogP contribution in [-0.2, 0) is 0 Å². The van der Waals surface area contributed by atoms with Crippen molar-refractivity contribution in [1.29, 1.82) is 0 Å². The number of hydrazine groups is 1. The van der Waals surface area contributed by atoms with Crippen molar-refractivity contribution < 1.29 is 4.74 Å². The van der Waals surface area contributed by atoms with Gasteiger partial charge < -0.3 is 10.2 Å². The number of anilines is 1. The van der Waals surface area contributed by atoms with Gasteiger partial charge in [0.05, 0.1) is 9.13 Å². The van der Waals surface area contributed by atoms with Crippen LogP contribution in [-0.4, -0.2) is 9.97 Å². The van der Waals surface area contributed by atoms with Crippen LogP contribution in [0.25, 0.3) is 0 Å². The second-order valence-electron chi connectivity index (χ2n) is 3.73. The van der Waals surface area contributed by atoms with Crippen molar-refractivity contribution in [2.24, 2.45) is 5.84 Å². The summed E-state index contributed by atoms with van der Waals surface area (Å²) in [7, 11) is 0. The predicted molar refractivity (Wildman–Crippen MR) is 78.5 cm³/mol. The zero-order valence-electron chi connectivity index (χ0n) is 10.1. The smallest absolute Gasteiger partial charge is 0.227 e. The summed E-state index contributed by atoms with van der Waals surface area (Å²) in [4.78, 5) is 8.47. The number of nitrogens with zero attached hydrogens (tertiary/aromatic N) is 2. The second kappa shape index (κ2) is 5.49. The largest absolute Gasteiger partial charge is 0.437 e. The maximum atomic E-state index is 5.81. The van der Waals surface area contributed by atoms with E-state index < -0.39 is 0 Å². The Balaban J connectivity index is 2.40. The van der Waals surface area contributed by atoms with Crippen LogP contribution in [0.5, 0.6) is 11.6 Å². The summed E-state index contributed by atoms with van der Waals surface area (Å²) in [5.74, 6) is 7.87. The minimum Gasteiger partial charge on any atom is -0.437 e. The highest BCUT2D eigenvalue weighted by molar-refractivity contribution is 14.1. The number of aryl methyl sites for hydroxylation is 1. The number of nitrogen functional groups attached to an aromatic ring is 1. The van der Waals surface area contributed by atoms with Crippen LogP contribution in [0, 0.1) is 17.4 Å². The molecule has 0 unspecified atom stereocenters. The Bertz CT molecular complexity index is 574. The first-order chi connectivity index (χ1) is 8.61. The molecule has 0 fully saturated rings. The van der Waals surface area contributed by atoms with Gasteiger partial charge in [-0.2, -0.15) is 4.98 Å². The minimum absolute atomic E-state index is 0.513. The van der Waals surface area contributed by atoms with Gasteiger partial charge in [-0.1, -0.05) is 12.1 Å². The third-order valence-corrected chi connectivity index (χ3v) is 3.28. The van der Waals surface area contributed by atoms with Gasteiger partial charge in [0.1, 0.15) is 17.4 Å². The molecule has 5 nitrogen and oxygen atoms in total. The minimum atomic E-state index is 0.513. The number of halogens is 1. The van der Waals surface area contributed by atoms with Crippen LogP contribution in [0.2, 0.25) is 0 Å². The number of hydrogen-bond acceptors (Lipinski definition) is 5. The summed E-state index contributed by atoms with van der Waals surface area (Å²) < 4.78 is 6.83. The molecule has 2 aromatic rings. The molecule has 6 heteroatoms. The number of nitrogens with two attached hydrogens (primary N) is 1. The van der Waals surface area contributed by atoms with Crippen molar-refractivity contribution in [2.75, 3.05) is 5.43 Å². The molecule has 0 radical (unpaired) electrons. The van der Waals surface area contributed by atoms with Gasteiger partial charge in [0.2, 0.25) is 5.88 Å². The lowest BCUT2D eigenvalue weighted by Gasteiger charge is -2.12. The summed E-state index contributed by atoms with van der Waals surface area (Å²) in [6.45, 7) is 3.66. The van der Waals surface area contributed by atoms with E-state index in [1.165, 1.54) is 0 Å². The molecule has 18 heavy (non-hydrogen) atoms.